The predicted octanol–water partition coefficient (Wildman–Crippen LogP) is 1.92. The highest BCUT2D eigenvalue weighted by Gasteiger charge is 2.23. The lowest BCUT2D eigenvalue weighted by atomic mass is 10.3. The summed E-state index contributed by atoms with van der Waals surface area (Å²) in [7, 11) is 0. The summed E-state index contributed by atoms with van der Waals surface area (Å²) in [6.45, 7) is 4.69. The van der Waals surface area contributed by atoms with Crippen LogP contribution in [0.1, 0.15) is 19.7 Å². The quantitative estimate of drug-likeness (QED) is 0.472. The molecule has 0 aliphatic rings. The lowest BCUT2D eigenvalue weighted by Crippen LogP contribution is -2.19. The fourth-order valence-corrected chi connectivity index (χ4v) is 2.92. The molecule has 4 rings (SSSR count). The minimum atomic E-state index is -0.398. The van der Waals surface area contributed by atoms with Gasteiger partial charge in [-0.2, -0.15) is 0 Å². The molecule has 0 unspecified atom stereocenters. The lowest BCUT2D eigenvalue weighted by molar-refractivity contribution is -0.142. The number of nitrogens with zero attached hydrogens (tertiary/aromatic N) is 7. The first-order valence-electron chi connectivity index (χ1n) is 8.57. The SMILES string of the molecule is CCOC(=O)Cc1nnc2c(N(CC)c3ccccc3)nc3nonc3n12. The summed E-state index contributed by atoms with van der Waals surface area (Å²) in [4.78, 5) is 18.5. The summed E-state index contributed by atoms with van der Waals surface area (Å²) in [6.07, 6.45) is -0.0438. The van der Waals surface area contributed by atoms with E-state index in [1.54, 1.807) is 11.3 Å². The summed E-state index contributed by atoms with van der Waals surface area (Å²) < 4.78 is 11.5. The number of fused-ring (bicyclic) bond motifs is 3. The Hall–Kier alpha value is -3.56. The van der Waals surface area contributed by atoms with Gasteiger partial charge in [-0.05, 0) is 36.3 Å². The molecule has 0 saturated heterocycles. The normalized spacial score (nSPS) is 11.2. The third-order valence-corrected chi connectivity index (χ3v) is 4.06. The number of para-hydroxylation sites is 1. The van der Waals surface area contributed by atoms with E-state index in [2.05, 4.69) is 25.5 Å². The molecule has 0 bridgehead atoms. The molecule has 138 valence electrons. The van der Waals surface area contributed by atoms with E-state index in [1.807, 2.05) is 42.2 Å². The summed E-state index contributed by atoms with van der Waals surface area (Å²) >= 11 is 0. The van der Waals surface area contributed by atoms with Crippen LogP contribution >= 0.6 is 0 Å². The zero-order chi connectivity index (χ0) is 18.8. The van der Waals surface area contributed by atoms with Crippen molar-refractivity contribution in [3.63, 3.8) is 0 Å². The van der Waals surface area contributed by atoms with E-state index in [4.69, 9.17) is 9.37 Å². The maximum atomic E-state index is 11.9. The van der Waals surface area contributed by atoms with E-state index in [9.17, 15) is 4.79 Å². The predicted molar refractivity (Wildman–Crippen MR) is 95.6 cm³/mol. The van der Waals surface area contributed by atoms with Crippen molar-refractivity contribution in [2.24, 2.45) is 0 Å². The number of ether oxygens (including phenoxy) is 1. The first-order chi connectivity index (χ1) is 13.2. The topological polar surface area (TPSA) is 112 Å². The van der Waals surface area contributed by atoms with Crippen molar-refractivity contribution in [3.05, 3.63) is 36.2 Å². The molecule has 10 heteroatoms. The number of carbonyl (C=O) groups is 1. The van der Waals surface area contributed by atoms with Gasteiger partial charge in [0, 0.05) is 12.2 Å². The van der Waals surface area contributed by atoms with Crippen LogP contribution in [-0.4, -0.2) is 49.0 Å². The minimum Gasteiger partial charge on any atom is -0.466 e. The maximum Gasteiger partial charge on any atom is 0.313 e. The van der Waals surface area contributed by atoms with Gasteiger partial charge in [0.25, 0.3) is 0 Å². The number of hydrogen-bond donors (Lipinski definition) is 0. The van der Waals surface area contributed by atoms with E-state index in [0.717, 1.165) is 5.69 Å². The molecule has 10 nitrogen and oxygen atoms in total. The number of carbonyl (C=O) groups excluding carboxylic acids is 1. The monoisotopic (exact) mass is 367 g/mol. The Bertz CT molecular complexity index is 1090. The molecule has 3 heterocycles. The molecule has 27 heavy (non-hydrogen) atoms. The van der Waals surface area contributed by atoms with Gasteiger partial charge < -0.3 is 9.64 Å². The van der Waals surface area contributed by atoms with Crippen molar-refractivity contribution in [2.75, 3.05) is 18.1 Å². The first kappa shape index (κ1) is 16.9. The standard InChI is InChI=1S/C17H17N7O3/c1-3-23(11-8-6-5-7-9-11)16-17-20-19-12(10-13(25)26-4-2)24(17)15-14(18-16)21-27-22-15/h5-9H,3-4,10H2,1-2H3. The van der Waals surface area contributed by atoms with Crippen LogP contribution in [0.3, 0.4) is 0 Å². The van der Waals surface area contributed by atoms with Crippen LogP contribution in [0.25, 0.3) is 16.9 Å². The van der Waals surface area contributed by atoms with Crippen LogP contribution in [0.2, 0.25) is 0 Å². The average Bonchev–Trinajstić information content (AvgIpc) is 3.30. The van der Waals surface area contributed by atoms with Crippen LogP contribution in [0, 0.1) is 0 Å². The lowest BCUT2D eigenvalue weighted by Gasteiger charge is -2.22. The molecule has 1 aromatic carbocycles. The molecular formula is C17H17N7O3. The van der Waals surface area contributed by atoms with Crippen LogP contribution in [-0.2, 0) is 16.0 Å². The number of hydrogen-bond acceptors (Lipinski definition) is 9. The summed E-state index contributed by atoms with van der Waals surface area (Å²) in [6, 6.07) is 9.79. The molecule has 0 spiro atoms. The third-order valence-electron chi connectivity index (χ3n) is 4.06. The molecule has 0 N–H and O–H groups in total. The smallest absolute Gasteiger partial charge is 0.313 e. The van der Waals surface area contributed by atoms with E-state index in [-0.39, 0.29) is 6.42 Å². The van der Waals surface area contributed by atoms with E-state index >= 15 is 0 Å². The van der Waals surface area contributed by atoms with Gasteiger partial charge in [-0.15, -0.1) is 10.2 Å². The highest BCUT2D eigenvalue weighted by molar-refractivity contribution is 5.81. The van der Waals surface area contributed by atoms with Crippen LogP contribution in [0.15, 0.2) is 35.0 Å². The second-order valence-corrected chi connectivity index (χ2v) is 5.68. The second-order valence-electron chi connectivity index (χ2n) is 5.68. The van der Waals surface area contributed by atoms with Crippen LogP contribution < -0.4 is 4.90 Å². The van der Waals surface area contributed by atoms with Crippen molar-refractivity contribution >= 4 is 34.4 Å². The van der Waals surface area contributed by atoms with E-state index in [0.29, 0.717) is 41.7 Å². The Morgan fingerprint density at radius 3 is 2.70 bits per heavy atom. The molecule has 0 atom stereocenters. The zero-order valence-corrected chi connectivity index (χ0v) is 14.9. The van der Waals surface area contributed by atoms with Gasteiger partial charge in [0.2, 0.25) is 16.9 Å². The molecule has 0 fully saturated rings. The molecule has 0 aliphatic carbocycles. The van der Waals surface area contributed by atoms with Crippen LogP contribution in [0.4, 0.5) is 11.5 Å². The summed E-state index contributed by atoms with van der Waals surface area (Å²) in [5, 5.41) is 16.2. The van der Waals surface area contributed by atoms with Crippen molar-refractivity contribution in [3.8, 4) is 0 Å². The number of anilines is 2. The van der Waals surface area contributed by atoms with E-state index < -0.39 is 5.97 Å². The van der Waals surface area contributed by atoms with Crippen molar-refractivity contribution < 1.29 is 14.2 Å². The van der Waals surface area contributed by atoms with Crippen LogP contribution in [0.5, 0.6) is 0 Å². The van der Waals surface area contributed by atoms with Crippen molar-refractivity contribution in [2.45, 2.75) is 20.3 Å². The van der Waals surface area contributed by atoms with Crippen molar-refractivity contribution in [1.29, 1.82) is 0 Å². The molecular weight excluding hydrogens is 350 g/mol. The largest absolute Gasteiger partial charge is 0.466 e. The Labute approximate surface area is 153 Å². The summed E-state index contributed by atoms with van der Waals surface area (Å²) in [5.41, 5.74) is 2.06. The van der Waals surface area contributed by atoms with Gasteiger partial charge >= 0.3 is 5.97 Å². The number of rotatable bonds is 6. The Morgan fingerprint density at radius 1 is 1.15 bits per heavy atom. The average molecular weight is 367 g/mol. The van der Waals surface area contributed by atoms with Crippen molar-refractivity contribution in [1.82, 2.24) is 29.9 Å². The minimum absolute atomic E-state index is 0.0438. The zero-order valence-electron chi connectivity index (χ0n) is 14.9. The highest BCUT2D eigenvalue weighted by atomic mass is 16.6. The Balaban J connectivity index is 1.90. The van der Waals surface area contributed by atoms with Gasteiger partial charge in [-0.1, -0.05) is 18.2 Å². The molecule has 0 saturated carbocycles. The molecule has 0 radical (unpaired) electrons. The molecule has 0 amide bonds. The highest BCUT2D eigenvalue weighted by Crippen LogP contribution is 2.28. The Morgan fingerprint density at radius 2 is 1.96 bits per heavy atom. The number of esters is 1. The Kier molecular flexibility index (Phi) is 4.37. The van der Waals surface area contributed by atoms with Gasteiger partial charge in [-0.3, -0.25) is 9.20 Å². The fourth-order valence-electron chi connectivity index (χ4n) is 2.92. The molecule has 0 aliphatic heterocycles. The number of benzene rings is 1. The van der Waals surface area contributed by atoms with Gasteiger partial charge in [0.15, 0.2) is 11.6 Å². The van der Waals surface area contributed by atoms with Gasteiger partial charge in [0.05, 0.1) is 6.61 Å². The number of aromatic nitrogens is 6. The second kappa shape index (κ2) is 6.98. The van der Waals surface area contributed by atoms with E-state index in [1.165, 1.54) is 0 Å². The summed E-state index contributed by atoms with van der Waals surface area (Å²) in [5.74, 6) is 0.539. The first-order valence-corrected chi connectivity index (χ1v) is 8.57. The van der Waals surface area contributed by atoms with Gasteiger partial charge in [0.1, 0.15) is 6.42 Å². The third kappa shape index (κ3) is 2.94. The molecule has 4 aromatic rings. The maximum absolute atomic E-state index is 11.9. The fraction of sp³-hybridized carbons (Fsp3) is 0.294. The molecule has 3 aromatic heterocycles. The van der Waals surface area contributed by atoms with Gasteiger partial charge in [-0.25, -0.2) is 9.61 Å².